The SMILES string of the molecule is CC(C)Oc1nccn2c(-c3ccccc3C(N)=O)cnc12. The maximum Gasteiger partial charge on any atom is 0.258 e. The quantitative estimate of drug-likeness (QED) is 0.800. The highest BCUT2D eigenvalue weighted by molar-refractivity contribution is 5.99. The average Bonchev–Trinajstić information content (AvgIpc) is 2.91. The van der Waals surface area contributed by atoms with E-state index >= 15 is 0 Å². The number of benzene rings is 1. The van der Waals surface area contributed by atoms with Gasteiger partial charge in [-0.05, 0) is 19.9 Å². The van der Waals surface area contributed by atoms with E-state index in [4.69, 9.17) is 10.5 Å². The van der Waals surface area contributed by atoms with Crippen LogP contribution in [0.5, 0.6) is 5.88 Å². The van der Waals surface area contributed by atoms with Crippen LogP contribution in [-0.2, 0) is 0 Å². The van der Waals surface area contributed by atoms with Gasteiger partial charge in [0.25, 0.3) is 5.88 Å². The molecule has 2 heterocycles. The van der Waals surface area contributed by atoms with Crippen LogP contribution in [0, 0.1) is 0 Å². The number of primary amides is 1. The van der Waals surface area contributed by atoms with E-state index in [9.17, 15) is 4.79 Å². The zero-order valence-corrected chi connectivity index (χ0v) is 12.4. The second kappa shape index (κ2) is 5.48. The Balaban J connectivity index is 2.20. The van der Waals surface area contributed by atoms with Gasteiger partial charge >= 0.3 is 0 Å². The third-order valence-electron chi connectivity index (χ3n) is 3.21. The van der Waals surface area contributed by atoms with Gasteiger partial charge in [-0.2, -0.15) is 0 Å². The number of carbonyl (C=O) groups is 1. The molecule has 0 saturated heterocycles. The molecule has 0 radical (unpaired) electrons. The molecule has 0 fully saturated rings. The maximum atomic E-state index is 11.6. The Morgan fingerprint density at radius 1 is 1.27 bits per heavy atom. The van der Waals surface area contributed by atoms with Gasteiger partial charge in [-0.1, -0.05) is 18.2 Å². The number of imidazole rings is 1. The van der Waals surface area contributed by atoms with Crippen molar-refractivity contribution in [1.82, 2.24) is 14.4 Å². The molecule has 0 spiro atoms. The van der Waals surface area contributed by atoms with Crippen LogP contribution in [0.2, 0.25) is 0 Å². The predicted octanol–water partition coefficient (Wildman–Crippen LogP) is 2.28. The number of ether oxygens (including phenoxy) is 1. The van der Waals surface area contributed by atoms with Gasteiger partial charge in [0.15, 0.2) is 0 Å². The Morgan fingerprint density at radius 3 is 2.77 bits per heavy atom. The topological polar surface area (TPSA) is 82.5 Å². The van der Waals surface area contributed by atoms with Crippen molar-refractivity contribution < 1.29 is 9.53 Å². The smallest absolute Gasteiger partial charge is 0.258 e. The van der Waals surface area contributed by atoms with Crippen molar-refractivity contribution in [2.24, 2.45) is 5.73 Å². The highest BCUT2D eigenvalue weighted by Gasteiger charge is 2.16. The zero-order valence-electron chi connectivity index (χ0n) is 12.4. The van der Waals surface area contributed by atoms with Gasteiger partial charge in [-0.15, -0.1) is 0 Å². The standard InChI is InChI=1S/C16H16N4O2/c1-10(2)22-16-15-19-9-13(20(15)8-7-18-16)11-5-3-4-6-12(11)14(17)21/h3-10H,1-2H3,(H2,17,21). The van der Waals surface area contributed by atoms with E-state index in [2.05, 4.69) is 9.97 Å². The first-order valence-electron chi connectivity index (χ1n) is 6.96. The van der Waals surface area contributed by atoms with Crippen molar-refractivity contribution in [1.29, 1.82) is 0 Å². The number of hydrogen-bond acceptors (Lipinski definition) is 4. The van der Waals surface area contributed by atoms with Crippen LogP contribution >= 0.6 is 0 Å². The minimum atomic E-state index is -0.474. The summed E-state index contributed by atoms with van der Waals surface area (Å²) in [5, 5.41) is 0. The Bertz CT molecular complexity index is 839. The first-order chi connectivity index (χ1) is 10.6. The second-order valence-corrected chi connectivity index (χ2v) is 5.15. The maximum absolute atomic E-state index is 11.6. The Kier molecular flexibility index (Phi) is 3.50. The fourth-order valence-corrected chi connectivity index (χ4v) is 2.32. The summed E-state index contributed by atoms with van der Waals surface area (Å²) in [6.45, 7) is 3.86. The lowest BCUT2D eigenvalue weighted by Crippen LogP contribution is -2.12. The normalized spacial score (nSPS) is 11.0. The van der Waals surface area contributed by atoms with Crippen molar-refractivity contribution in [2.45, 2.75) is 20.0 Å². The van der Waals surface area contributed by atoms with Crippen LogP contribution < -0.4 is 10.5 Å². The fourth-order valence-electron chi connectivity index (χ4n) is 2.32. The minimum absolute atomic E-state index is 0.00300. The summed E-state index contributed by atoms with van der Waals surface area (Å²) < 4.78 is 7.51. The average molecular weight is 296 g/mol. The molecule has 1 amide bonds. The summed E-state index contributed by atoms with van der Waals surface area (Å²) in [5.74, 6) is -0.0152. The number of aromatic nitrogens is 3. The second-order valence-electron chi connectivity index (χ2n) is 5.15. The fraction of sp³-hybridized carbons (Fsp3) is 0.188. The lowest BCUT2D eigenvalue weighted by molar-refractivity contribution is 0.100. The molecule has 112 valence electrons. The van der Waals surface area contributed by atoms with E-state index in [1.54, 1.807) is 30.7 Å². The lowest BCUT2D eigenvalue weighted by atomic mass is 10.0. The summed E-state index contributed by atoms with van der Waals surface area (Å²) in [6.07, 6.45) is 5.11. The van der Waals surface area contributed by atoms with Gasteiger partial charge < -0.3 is 10.5 Å². The van der Waals surface area contributed by atoms with Gasteiger partial charge in [0.1, 0.15) is 0 Å². The van der Waals surface area contributed by atoms with Gasteiger partial charge in [-0.3, -0.25) is 9.20 Å². The summed E-state index contributed by atoms with van der Waals surface area (Å²) in [6, 6.07) is 7.17. The Morgan fingerprint density at radius 2 is 2.05 bits per heavy atom. The molecule has 6 nitrogen and oxygen atoms in total. The molecular weight excluding hydrogens is 280 g/mol. The molecule has 1 aromatic carbocycles. The molecule has 3 rings (SSSR count). The molecule has 0 saturated carbocycles. The molecular formula is C16H16N4O2. The Labute approximate surface area is 127 Å². The largest absolute Gasteiger partial charge is 0.472 e. The third kappa shape index (κ3) is 2.39. The molecule has 0 aliphatic heterocycles. The number of hydrogen-bond donors (Lipinski definition) is 1. The van der Waals surface area contributed by atoms with Gasteiger partial charge in [0.05, 0.1) is 18.0 Å². The van der Waals surface area contributed by atoms with E-state index in [0.717, 1.165) is 11.3 Å². The molecule has 3 aromatic rings. The van der Waals surface area contributed by atoms with Crippen molar-refractivity contribution in [3.05, 3.63) is 48.4 Å². The minimum Gasteiger partial charge on any atom is -0.472 e. The van der Waals surface area contributed by atoms with Crippen LogP contribution in [0.4, 0.5) is 0 Å². The molecule has 0 aliphatic rings. The number of nitrogens with zero attached hydrogens (tertiary/aromatic N) is 3. The van der Waals surface area contributed by atoms with E-state index in [-0.39, 0.29) is 6.10 Å². The zero-order chi connectivity index (χ0) is 15.7. The number of rotatable bonds is 4. The predicted molar refractivity (Wildman–Crippen MR) is 82.7 cm³/mol. The number of amides is 1. The van der Waals surface area contributed by atoms with E-state index in [1.807, 2.05) is 30.4 Å². The van der Waals surface area contributed by atoms with Gasteiger partial charge in [0.2, 0.25) is 11.6 Å². The van der Waals surface area contributed by atoms with E-state index < -0.39 is 5.91 Å². The van der Waals surface area contributed by atoms with Crippen LogP contribution in [0.25, 0.3) is 16.9 Å². The first kappa shape index (κ1) is 14.1. The van der Waals surface area contributed by atoms with Crippen molar-refractivity contribution in [3.8, 4) is 17.1 Å². The Hall–Kier alpha value is -2.89. The molecule has 22 heavy (non-hydrogen) atoms. The molecule has 0 unspecified atom stereocenters. The first-order valence-corrected chi connectivity index (χ1v) is 6.96. The highest BCUT2D eigenvalue weighted by atomic mass is 16.5. The third-order valence-corrected chi connectivity index (χ3v) is 3.21. The highest BCUT2D eigenvalue weighted by Crippen LogP contribution is 2.27. The summed E-state index contributed by atoms with van der Waals surface area (Å²) >= 11 is 0. The van der Waals surface area contributed by atoms with Gasteiger partial charge in [-0.25, -0.2) is 9.97 Å². The van der Waals surface area contributed by atoms with Gasteiger partial charge in [0, 0.05) is 23.5 Å². The molecule has 6 heteroatoms. The van der Waals surface area contributed by atoms with Crippen LogP contribution in [0.15, 0.2) is 42.9 Å². The molecule has 2 N–H and O–H groups in total. The van der Waals surface area contributed by atoms with E-state index in [0.29, 0.717) is 17.1 Å². The molecule has 0 atom stereocenters. The summed E-state index contributed by atoms with van der Waals surface area (Å²) in [4.78, 5) is 20.2. The van der Waals surface area contributed by atoms with Crippen molar-refractivity contribution in [2.75, 3.05) is 0 Å². The van der Waals surface area contributed by atoms with Crippen LogP contribution in [-0.4, -0.2) is 26.4 Å². The summed E-state index contributed by atoms with van der Waals surface area (Å²) in [7, 11) is 0. The van der Waals surface area contributed by atoms with Crippen LogP contribution in [0.3, 0.4) is 0 Å². The molecule has 2 aromatic heterocycles. The van der Waals surface area contributed by atoms with E-state index in [1.165, 1.54) is 0 Å². The monoisotopic (exact) mass is 296 g/mol. The number of carbonyl (C=O) groups excluding carboxylic acids is 1. The molecule has 0 bridgehead atoms. The lowest BCUT2D eigenvalue weighted by Gasteiger charge is -2.10. The van der Waals surface area contributed by atoms with Crippen molar-refractivity contribution >= 4 is 11.6 Å². The number of fused-ring (bicyclic) bond motifs is 1. The molecule has 0 aliphatic carbocycles. The van der Waals surface area contributed by atoms with Crippen LogP contribution in [0.1, 0.15) is 24.2 Å². The number of nitrogens with two attached hydrogens (primary N) is 1. The summed E-state index contributed by atoms with van der Waals surface area (Å²) in [5.41, 5.74) is 8.00. The van der Waals surface area contributed by atoms with Crippen molar-refractivity contribution in [3.63, 3.8) is 0 Å².